The van der Waals surface area contributed by atoms with Gasteiger partial charge in [-0.25, -0.2) is 0 Å². The molecule has 1 atom stereocenters. The van der Waals surface area contributed by atoms with E-state index in [1.54, 1.807) is 6.92 Å². The third-order valence-corrected chi connectivity index (χ3v) is 12.0. The fourth-order valence-corrected chi connectivity index (χ4v) is 5.39. The van der Waals surface area contributed by atoms with E-state index in [0.717, 1.165) is 25.9 Å². The Morgan fingerprint density at radius 2 is 1.43 bits per heavy atom. The van der Waals surface area contributed by atoms with Gasteiger partial charge in [0.1, 0.15) is 6.10 Å². The second-order valence-electron chi connectivity index (χ2n) is 11.2. The van der Waals surface area contributed by atoms with Gasteiger partial charge in [0.05, 0.1) is 0 Å². The summed E-state index contributed by atoms with van der Waals surface area (Å²) in [5.74, 6) is -0.548. The molecule has 0 radical (unpaired) electrons. The van der Waals surface area contributed by atoms with E-state index >= 15 is 0 Å². The van der Waals surface area contributed by atoms with Crippen LogP contribution in [0.3, 0.4) is 0 Å². The Kier molecular flexibility index (Phi) is 8.91. The van der Waals surface area contributed by atoms with E-state index in [9.17, 15) is 9.59 Å². The first-order valence-electron chi connectivity index (χ1n) is 12.6. The lowest BCUT2D eigenvalue weighted by molar-refractivity contribution is -0.137. The van der Waals surface area contributed by atoms with Crippen molar-refractivity contribution in [3.63, 3.8) is 0 Å². The minimum atomic E-state index is -2.07. The predicted octanol–water partition coefficient (Wildman–Crippen LogP) is 5.03. The van der Waals surface area contributed by atoms with Gasteiger partial charge in [-0.2, -0.15) is 0 Å². The molecule has 3 rings (SSSR count). The Labute approximate surface area is 211 Å². The van der Waals surface area contributed by atoms with Crippen LogP contribution in [-0.4, -0.2) is 37.2 Å². The normalized spacial score (nSPS) is 19.1. The fraction of sp³-hybridized carbons (Fsp3) is 0.500. The van der Waals surface area contributed by atoms with Crippen molar-refractivity contribution in [3.8, 4) is 0 Å². The average Bonchev–Trinajstić information content (AvgIpc) is 2.76. The lowest BCUT2D eigenvalue weighted by Gasteiger charge is -2.42. The first-order chi connectivity index (χ1) is 16.5. The molecule has 0 aromatic heterocycles. The summed E-state index contributed by atoms with van der Waals surface area (Å²) >= 11 is 0. The molecule has 0 spiro atoms. The average molecular weight is 496 g/mol. The number of hydrazine groups is 1. The van der Waals surface area contributed by atoms with Crippen molar-refractivity contribution in [2.75, 3.05) is 0 Å². The molecule has 2 aromatic carbocycles. The number of nitrogens with zero attached hydrogens (tertiary/aromatic N) is 1. The van der Waals surface area contributed by atoms with Crippen LogP contribution < -0.4 is 10.9 Å². The largest absolute Gasteiger partial charge is 0.405 e. The van der Waals surface area contributed by atoms with Gasteiger partial charge in [0, 0.05) is 25.0 Å². The maximum Gasteiger partial charge on any atom is 0.265 e. The maximum atomic E-state index is 12.7. The standard InChI is InChI=1S/C28H41N3O3Si/c1-21(34-35(5,6)28(2,3)4)26(32)29-30-27(33)24-17-25(18-24)31(19-22-13-9-7-10-14-22)20-23-15-11-8-12-16-23/h7-16,21,24-25H,17-20H2,1-6H3,(H,29,32)(H,30,33)/t21-,24?,25?/m0/s1. The van der Waals surface area contributed by atoms with Crippen LogP contribution in [-0.2, 0) is 27.1 Å². The van der Waals surface area contributed by atoms with Crippen LogP contribution in [0, 0.1) is 5.92 Å². The predicted molar refractivity (Wildman–Crippen MR) is 143 cm³/mol. The molecule has 0 saturated heterocycles. The zero-order chi connectivity index (χ0) is 25.6. The van der Waals surface area contributed by atoms with E-state index in [1.807, 2.05) is 12.1 Å². The summed E-state index contributed by atoms with van der Waals surface area (Å²) in [5, 5.41) is 0.0110. The molecule has 2 aromatic rings. The number of amides is 2. The quantitative estimate of drug-likeness (QED) is 0.378. The Balaban J connectivity index is 1.51. The van der Waals surface area contributed by atoms with Gasteiger partial charge >= 0.3 is 0 Å². The van der Waals surface area contributed by atoms with Gasteiger partial charge in [-0.3, -0.25) is 25.3 Å². The van der Waals surface area contributed by atoms with Crippen molar-refractivity contribution >= 4 is 20.1 Å². The Hall–Kier alpha value is -2.48. The smallest absolute Gasteiger partial charge is 0.265 e. The molecule has 2 amide bonds. The molecule has 7 heteroatoms. The van der Waals surface area contributed by atoms with Crippen molar-refractivity contribution in [1.29, 1.82) is 0 Å². The van der Waals surface area contributed by atoms with Gasteiger partial charge in [-0.15, -0.1) is 0 Å². The molecule has 0 aliphatic heterocycles. The van der Waals surface area contributed by atoms with Gasteiger partial charge in [0.15, 0.2) is 8.32 Å². The highest BCUT2D eigenvalue weighted by molar-refractivity contribution is 6.74. The number of carbonyl (C=O) groups is 2. The number of hydrogen-bond donors (Lipinski definition) is 2. The zero-order valence-electron chi connectivity index (χ0n) is 22.0. The van der Waals surface area contributed by atoms with Crippen LogP contribution in [0.15, 0.2) is 60.7 Å². The molecule has 6 nitrogen and oxygen atoms in total. The van der Waals surface area contributed by atoms with Crippen LogP contribution in [0.4, 0.5) is 0 Å². The van der Waals surface area contributed by atoms with Gasteiger partial charge in [-0.1, -0.05) is 81.4 Å². The van der Waals surface area contributed by atoms with E-state index < -0.39 is 14.4 Å². The molecule has 0 bridgehead atoms. The van der Waals surface area contributed by atoms with Crippen LogP contribution >= 0.6 is 0 Å². The summed E-state index contributed by atoms with van der Waals surface area (Å²) < 4.78 is 6.13. The molecule has 1 saturated carbocycles. The van der Waals surface area contributed by atoms with E-state index in [-0.39, 0.29) is 22.8 Å². The van der Waals surface area contributed by atoms with Gasteiger partial charge in [-0.05, 0) is 49.0 Å². The first-order valence-corrected chi connectivity index (χ1v) is 15.5. The van der Waals surface area contributed by atoms with Crippen molar-refractivity contribution < 1.29 is 14.0 Å². The van der Waals surface area contributed by atoms with Crippen LogP contribution in [0.1, 0.15) is 51.7 Å². The van der Waals surface area contributed by atoms with Gasteiger partial charge in [0.2, 0.25) is 5.91 Å². The molecule has 190 valence electrons. The van der Waals surface area contributed by atoms with Gasteiger partial charge in [0.25, 0.3) is 5.91 Å². The molecular weight excluding hydrogens is 454 g/mol. The van der Waals surface area contributed by atoms with Crippen LogP contribution in [0.25, 0.3) is 0 Å². The number of carbonyl (C=O) groups excluding carboxylic acids is 2. The lowest BCUT2D eigenvalue weighted by atomic mass is 9.78. The van der Waals surface area contributed by atoms with E-state index in [4.69, 9.17) is 4.43 Å². The summed E-state index contributed by atoms with van der Waals surface area (Å²) in [6.45, 7) is 14.1. The lowest BCUT2D eigenvalue weighted by Crippen LogP contribution is -2.55. The first kappa shape index (κ1) is 27.1. The highest BCUT2D eigenvalue weighted by Crippen LogP contribution is 2.37. The molecule has 35 heavy (non-hydrogen) atoms. The Bertz CT molecular complexity index is 928. The number of nitrogens with one attached hydrogen (secondary N) is 2. The van der Waals surface area contributed by atoms with Crippen molar-refractivity contribution in [2.45, 2.75) is 83.9 Å². The Morgan fingerprint density at radius 3 is 1.89 bits per heavy atom. The van der Waals surface area contributed by atoms with E-state index in [0.29, 0.717) is 6.04 Å². The second kappa shape index (κ2) is 11.5. The van der Waals surface area contributed by atoms with Crippen LogP contribution in [0.5, 0.6) is 0 Å². The van der Waals surface area contributed by atoms with E-state index in [2.05, 4.69) is 98.1 Å². The minimum absolute atomic E-state index is 0.0110. The monoisotopic (exact) mass is 495 g/mol. The summed E-state index contributed by atoms with van der Waals surface area (Å²) in [6, 6.07) is 21.2. The Morgan fingerprint density at radius 1 is 0.943 bits per heavy atom. The summed E-state index contributed by atoms with van der Waals surface area (Å²) in [5.41, 5.74) is 7.73. The number of hydrogen-bond acceptors (Lipinski definition) is 4. The van der Waals surface area contributed by atoms with Crippen molar-refractivity contribution in [3.05, 3.63) is 71.8 Å². The zero-order valence-corrected chi connectivity index (χ0v) is 23.0. The fourth-order valence-electron chi connectivity index (χ4n) is 4.05. The molecule has 1 fully saturated rings. The van der Waals surface area contributed by atoms with Crippen molar-refractivity contribution in [1.82, 2.24) is 15.8 Å². The highest BCUT2D eigenvalue weighted by atomic mass is 28.4. The highest BCUT2D eigenvalue weighted by Gasteiger charge is 2.40. The third-order valence-electron chi connectivity index (χ3n) is 7.41. The molecule has 1 aliphatic rings. The summed E-state index contributed by atoms with van der Waals surface area (Å²) in [6.07, 6.45) is 0.937. The molecule has 0 heterocycles. The van der Waals surface area contributed by atoms with Crippen LogP contribution in [0.2, 0.25) is 18.1 Å². The SMILES string of the molecule is C[C@H](O[Si](C)(C)C(C)(C)C)C(=O)NNC(=O)C1CC(N(Cc2ccccc2)Cc2ccccc2)C1. The molecule has 0 unspecified atom stereocenters. The number of benzene rings is 2. The van der Waals surface area contributed by atoms with Gasteiger partial charge < -0.3 is 4.43 Å². The molecule has 1 aliphatic carbocycles. The minimum Gasteiger partial charge on any atom is -0.405 e. The summed E-state index contributed by atoms with van der Waals surface area (Å²) in [4.78, 5) is 27.7. The number of rotatable bonds is 9. The van der Waals surface area contributed by atoms with Crippen molar-refractivity contribution in [2.24, 2.45) is 5.92 Å². The molecule has 2 N–H and O–H groups in total. The maximum absolute atomic E-state index is 12.7. The second-order valence-corrected chi connectivity index (χ2v) is 16.0. The third kappa shape index (κ3) is 7.50. The van der Waals surface area contributed by atoms with E-state index in [1.165, 1.54) is 11.1 Å². The topological polar surface area (TPSA) is 70.7 Å². The molecular formula is C28H41N3O3Si. The summed E-state index contributed by atoms with van der Waals surface area (Å²) in [7, 11) is -2.07.